The van der Waals surface area contributed by atoms with Crippen molar-refractivity contribution in [2.45, 2.75) is 12.6 Å². The van der Waals surface area contributed by atoms with Crippen molar-refractivity contribution in [1.29, 1.82) is 0 Å². The molecule has 0 aromatic carbocycles. The quantitative estimate of drug-likeness (QED) is 0.680. The van der Waals surface area contributed by atoms with E-state index in [1.54, 1.807) is 0 Å². The van der Waals surface area contributed by atoms with Gasteiger partial charge in [-0.2, -0.15) is 13.2 Å². The van der Waals surface area contributed by atoms with E-state index in [0.717, 1.165) is 4.90 Å². The van der Waals surface area contributed by atoms with Gasteiger partial charge in [0.25, 0.3) is 0 Å². The molecule has 0 radical (unpaired) electrons. The Morgan fingerprint density at radius 1 is 1.12 bits per heavy atom. The smallest absolute Gasteiger partial charge is 0.339 e. The summed E-state index contributed by atoms with van der Waals surface area (Å²) in [4.78, 5) is 24.5. The average Bonchev–Trinajstić information content (AvgIpc) is 2.27. The van der Waals surface area contributed by atoms with Crippen LogP contribution in [0.5, 0.6) is 0 Å². The molecular formula is C10H13F3N2O2. The molecule has 0 bridgehead atoms. The lowest BCUT2D eigenvalue weighted by molar-refractivity contribution is -0.187. The second-order valence-electron chi connectivity index (χ2n) is 3.66. The highest BCUT2D eigenvalue weighted by atomic mass is 19.4. The van der Waals surface area contributed by atoms with Gasteiger partial charge >= 0.3 is 12.1 Å². The van der Waals surface area contributed by atoms with E-state index in [2.05, 4.69) is 6.58 Å². The Morgan fingerprint density at radius 2 is 1.59 bits per heavy atom. The molecule has 7 heteroatoms. The van der Waals surface area contributed by atoms with Crippen LogP contribution in [0.3, 0.4) is 0 Å². The maximum Gasteiger partial charge on any atom is 0.471 e. The van der Waals surface area contributed by atoms with Gasteiger partial charge < -0.3 is 9.80 Å². The highest BCUT2D eigenvalue weighted by Crippen LogP contribution is 2.19. The predicted molar refractivity (Wildman–Crippen MR) is 54.0 cm³/mol. The van der Waals surface area contributed by atoms with Crippen LogP contribution in [0.1, 0.15) is 6.42 Å². The minimum atomic E-state index is -4.84. The topological polar surface area (TPSA) is 40.6 Å². The first-order chi connectivity index (χ1) is 7.86. The van der Waals surface area contributed by atoms with E-state index in [-0.39, 0.29) is 38.5 Å². The second kappa shape index (κ2) is 5.20. The molecule has 1 aliphatic heterocycles. The fraction of sp³-hybridized carbons (Fsp3) is 0.600. The lowest BCUT2D eigenvalue weighted by atomic mass is 10.2. The summed E-state index contributed by atoms with van der Waals surface area (Å²) in [6.45, 7) is 3.51. The lowest BCUT2D eigenvalue weighted by Crippen LogP contribution is -2.53. The molecule has 2 amide bonds. The van der Waals surface area contributed by atoms with E-state index in [0.29, 0.717) is 0 Å². The number of carbonyl (C=O) groups excluding carboxylic acids is 2. The highest BCUT2D eigenvalue weighted by molar-refractivity contribution is 5.82. The first-order valence-electron chi connectivity index (χ1n) is 5.11. The third-order valence-corrected chi connectivity index (χ3v) is 2.48. The maximum absolute atomic E-state index is 12.1. The van der Waals surface area contributed by atoms with Gasteiger partial charge in [-0.1, -0.05) is 6.08 Å². The largest absolute Gasteiger partial charge is 0.471 e. The molecule has 0 aromatic rings. The first kappa shape index (κ1) is 13.5. The molecule has 0 N–H and O–H groups in total. The van der Waals surface area contributed by atoms with Crippen LogP contribution in [0, 0.1) is 0 Å². The Kier molecular flexibility index (Phi) is 4.14. The molecule has 17 heavy (non-hydrogen) atoms. The Balaban J connectivity index is 2.49. The molecule has 1 fully saturated rings. The van der Waals surface area contributed by atoms with Crippen LogP contribution in [-0.2, 0) is 9.59 Å². The number of nitrogens with zero attached hydrogens (tertiary/aromatic N) is 2. The van der Waals surface area contributed by atoms with E-state index in [4.69, 9.17) is 0 Å². The third-order valence-electron chi connectivity index (χ3n) is 2.48. The van der Waals surface area contributed by atoms with Gasteiger partial charge in [-0.05, 0) is 0 Å². The zero-order valence-electron chi connectivity index (χ0n) is 9.16. The van der Waals surface area contributed by atoms with Gasteiger partial charge in [0, 0.05) is 32.6 Å². The number of piperazine rings is 1. The van der Waals surface area contributed by atoms with Gasteiger partial charge in [0.1, 0.15) is 0 Å². The standard InChI is InChI=1S/C10H13F3N2O2/c1-2-3-8(16)14-4-6-15(7-5-14)9(17)10(11,12)13/h2H,1,3-7H2. The number of halogens is 3. The van der Waals surface area contributed by atoms with Gasteiger partial charge in [0.2, 0.25) is 5.91 Å². The first-order valence-corrected chi connectivity index (χ1v) is 5.11. The zero-order chi connectivity index (χ0) is 13.1. The fourth-order valence-electron chi connectivity index (χ4n) is 1.59. The van der Waals surface area contributed by atoms with Crippen molar-refractivity contribution in [3.63, 3.8) is 0 Å². The molecule has 4 nitrogen and oxygen atoms in total. The molecule has 1 saturated heterocycles. The van der Waals surface area contributed by atoms with E-state index in [9.17, 15) is 22.8 Å². The number of hydrogen-bond donors (Lipinski definition) is 0. The van der Waals surface area contributed by atoms with Crippen LogP contribution < -0.4 is 0 Å². The minimum Gasteiger partial charge on any atom is -0.339 e. The minimum absolute atomic E-state index is 0.0821. The molecule has 1 heterocycles. The molecule has 1 rings (SSSR count). The van der Waals surface area contributed by atoms with Crippen molar-refractivity contribution >= 4 is 11.8 Å². The zero-order valence-corrected chi connectivity index (χ0v) is 9.16. The molecule has 0 aliphatic carbocycles. The van der Waals surface area contributed by atoms with Gasteiger partial charge in [-0.25, -0.2) is 0 Å². The molecule has 0 atom stereocenters. The number of amides is 2. The number of alkyl halides is 3. The summed E-state index contributed by atoms with van der Waals surface area (Å²) in [6, 6.07) is 0. The monoisotopic (exact) mass is 250 g/mol. The number of hydrogen-bond acceptors (Lipinski definition) is 2. The van der Waals surface area contributed by atoms with Crippen molar-refractivity contribution in [2.75, 3.05) is 26.2 Å². The molecule has 0 aromatic heterocycles. The Bertz CT molecular complexity index is 320. The fourth-order valence-corrected chi connectivity index (χ4v) is 1.59. The molecule has 1 aliphatic rings. The molecular weight excluding hydrogens is 237 g/mol. The molecule has 96 valence electrons. The maximum atomic E-state index is 12.1. The Morgan fingerprint density at radius 3 is 2.00 bits per heavy atom. The Labute approximate surface area is 96.7 Å². The summed E-state index contributed by atoms with van der Waals surface area (Å²) in [7, 11) is 0. The number of rotatable bonds is 2. The van der Waals surface area contributed by atoms with Crippen LogP contribution in [0.2, 0.25) is 0 Å². The van der Waals surface area contributed by atoms with Crippen LogP contribution in [0.25, 0.3) is 0 Å². The summed E-state index contributed by atoms with van der Waals surface area (Å²) in [5, 5.41) is 0. The van der Waals surface area contributed by atoms with Crippen LogP contribution in [-0.4, -0.2) is 54.0 Å². The van der Waals surface area contributed by atoms with Gasteiger partial charge in [0.15, 0.2) is 0 Å². The highest BCUT2D eigenvalue weighted by Gasteiger charge is 2.43. The van der Waals surface area contributed by atoms with E-state index >= 15 is 0 Å². The average molecular weight is 250 g/mol. The normalized spacial score (nSPS) is 16.9. The van der Waals surface area contributed by atoms with Crippen LogP contribution >= 0.6 is 0 Å². The molecule has 0 spiro atoms. The van der Waals surface area contributed by atoms with E-state index in [1.807, 2.05) is 0 Å². The third kappa shape index (κ3) is 3.47. The number of carbonyl (C=O) groups is 2. The summed E-state index contributed by atoms with van der Waals surface area (Å²) >= 11 is 0. The van der Waals surface area contributed by atoms with Gasteiger partial charge in [0.05, 0.1) is 0 Å². The summed E-state index contributed by atoms with van der Waals surface area (Å²) in [5.41, 5.74) is 0. The summed E-state index contributed by atoms with van der Waals surface area (Å²) in [5.74, 6) is -2.02. The SMILES string of the molecule is C=CCC(=O)N1CCN(C(=O)C(F)(F)F)CC1. The predicted octanol–water partition coefficient (Wildman–Crippen LogP) is 0.796. The molecule has 0 unspecified atom stereocenters. The van der Waals surface area contributed by atoms with Crippen molar-refractivity contribution in [2.24, 2.45) is 0 Å². The van der Waals surface area contributed by atoms with Crippen molar-refractivity contribution in [3.8, 4) is 0 Å². The van der Waals surface area contributed by atoms with Crippen LogP contribution in [0.4, 0.5) is 13.2 Å². The van der Waals surface area contributed by atoms with Crippen molar-refractivity contribution in [3.05, 3.63) is 12.7 Å². The Hall–Kier alpha value is -1.53. The molecule has 0 saturated carbocycles. The van der Waals surface area contributed by atoms with Gasteiger partial charge in [-0.15, -0.1) is 6.58 Å². The summed E-state index contributed by atoms with van der Waals surface area (Å²) < 4.78 is 36.4. The van der Waals surface area contributed by atoms with E-state index in [1.165, 1.54) is 11.0 Å². The van der Waals surface area contributed by atoms with Crippen molar-refractivity contribution in [1.82, 2.24) is 9.80 Å². The van der Waals surface area contributed by atoms with Crippen LogP contribution in [0.15, 0.2) is 12.7 Å². The lowest BCUT2D eigenvalue weighted by Gasteiger charge is -2.34. The second-order valence-corrected chi connectivity index (χ2v) is 3.66. The summed E-state index contributed by atoms with van der Waals surface area (Å²) in [6.07, 6.45) is -3.24. The van der Waals surface area contributed by atoms with E-state index < -0.39 is 12.1 Å². The van der Waals surface area contributed by atoms with Gasteiger partial charge in [-0.3, -0.25) is 9.59 Å². The van der Waals surface area contributed by atoms with Crippen molar-refractivity contribution < 1.29 is 22.8 Å².